The monoisotopic (exact) mass is 268 g/mol. The Morgan fingerprint density at radius 1 is 0.947 bits per heavy atom. The summed E-state index contributed by atoms with van der Waals surface area (Å²) in [6.07, 6.45) is 12.1. The maximum absolute atomic E-state index is 11.6. The van der Waals surface area contributed by atoms with Gasteiger partial charge in [0.25, 0.3) is 0 Å². The van der Waals surface area contributed by atoms with Crippen LogP contribution in [0.25, 0.3) is 0 Å². The molecule has 0 N–H and O–H groups in total. The molecule has 19 heavy (non-hydrogen) atoms. The largest absolute Gasteiger partial charge is 0.459 e. The fraction of sp³-hybridized carbons (Fsp3) is 0.824. The van der Waals surface area contributed by atoms with Gasteiger partial charge >= 0.3 is 5.97 Å². The maximum atomic E-state index is 11.6. The molecular formula is C17H32O2. The van der Waals surface area contributed by atoms with Gasteiger partial charge in [-0.2, -0.15) is 0 Å². The Morgan fingerprint density at radius 3 is 2.05 bits per heavy atom. The number of carbonyl (C=O) groups is 1. The second-order valence-electron chi connectivity index (χ2n) is 5.51. The van der Waals surface area contributed by atoms with Gasteiger partial charge < -0.3 is 4.74 Å². The first-order valence-corrected chi connectivity index (χ1v) is 7.98. The van der Waals surface area contributed by atoms with E-state index in [0.717, 1.165) is 25.7 Å². The Kier molecular flexibility index (Phi) is 11.7. The van der Waals surface area contributed by atoms with Crippen LogP contribution in [0.3, 0.4) is 0 Å². The first-order chi connectivity index (χ1) is 9.11. The smallest absolute Gasteiger partial charge is 0.333 e. The topological polar surface area (TPSA) is 26.3 Å². The molecule has 1 atom stereocenters. The first kappa shape index (κ1) is 18.2. The van der Waals surface area contributed by atoms with Crippen LogP contribution in [0.15, 0.2) is 12.2 Å². The number of carbonyl (C=O) groups excluding carboxylic acids is 1. The molecule has 0 saturated carbocycles. The Morgan fingerprint density at radius 2 is 1.47 bits per heavy atom. The van der Waals surface area contributed by atoms with Crippen LogP contribution in [0.5, 0.6) is 0 Å². The predicted molar refractivity (Wildman–Crippen MR) is 82.2 cm³/mol. The van der Waals surface area contributed by atoms with Crippen molar-refractivity contribution in [1.29, 1.82) is 0 Å². The fourth-order valence-electron chi connectivity index (χ4n) is 2.10. The van der Waals surface area contributed by atoms with E-state index in [-0.39, 0.29) is 12.1 Å². The standard InChI is InChI=1S/C17H32O2/c1-5-7-9-10-11-12-14-16(13-8-6-2)19-17(18)15(3)4/h16H,3,5-14H2,1-2,4H3. The zero-order valence-corrected chi connectivity index (χ0v) is 13.2. The van der Waals surface area contributed by atoms with Gasteiger partial charge in [-0.05, 0) is 26.2 Å². The molecule has 0 fully saturated rings. The zero-order chi connectivity index (χ0) is 14.5. The van der Waals surface area contributed by atoms with Gasteiger partial charge in [0.05, 0.1) is 0 Å². The lowest BCUT2D eigenvalue weighted by Gasteiger charge is -2.17. The van der Waals surface area contributed by atoms with Gasteiger partial charge in [0.1, 0.15) is 6.10 Å². The number of rotatable bonds is 12. The van der Waals surface area contributed by atoms with Gasteiger partial charge in [-0.1, -0.05) is 65.4 Å². The zero-order valence-electron chi connectivity index (χ0n) is 13.2. The van der Waals surface area contributed by atoms with Crippen molar-refractivity contribution in [2.45, 2.75) is 91.1 Å². The normalized spacial score (nSPS) is 12.2. The number of hydrogen-bond acceptors (Lipinski definition) is 2. The van der Waals surface area contributed by atoms with Crippen molar-refractivity contribution in [2.75, 3.05) is 0 Å². The molecule has 0 heterocycles. The van der Waals surface area contributed by atoms with Crippen LogP contribution in [-0.4, -0.2) is 12.1 Å². The van der Waals surface area contributed by atoms with Crippen LogP contribution >= 0.6 is 0 Å². The number of ether oxygens (including phenoxy) is 1. The van der Waals surface area contributed by atoms with E-state index in [1.54, 1.807) is 6.92 Å². The molecule has 2 heteroatoms. The lowest BCUT2D eigenvalue weighted by molar-refractivity contribution is -0.145. The summed E-state index contributed by atoms with van der Waals surface area (Å²) < 4.78 is 5.50. The molecule has 0 bridgehead atoms. The molecule has 0 aliphatic heterocycles. The summed E-state index contributed by atoms with van der Waals surface area (Å²) in [6.45, 7) is 9.76. The minimum absolute atomic E-state index is 0.0929. The van der Waals surface area contributed by atoms with Gasteiger partial charge in [-0.15, -0.1) is 0 Å². The Balaban J connectivity index is 3.85. The van der Waals surface area contributed by atoms with E-state index in [1.165, 1.54) is 38.5 Å². The van der Waals surface area contributed by atoms with E-state index in [2.05, 4.69) is 20.4 Å². The maximum Gasteiger partial charge on any atom is 0.333 e. The molecule has 0 amide bonds. The highest BCUT2D eigenvalue weighted by atomic mass is 16.5. The Labute approximate surface area is 119 Å². The highest BCUT2D eigenvalue weighted by Crippen LogP contribution is 2.16. The lowest BCUT2D eigenvalue weighted by atomic mass is 10.0. The van der Waals surface area contributed by atoms with Crippen LogP contribution in [0.4, 0.5) is 0 Å². The highest BCUT2D eigenvalue weighted by Gasteiger charge is 2.14. The third kappa shape index (κ3) is 10.8. The number of unbranched alkanes of at least 4 members (excludes halogenated alkanes) is 6. The summed E-state index contributed by atoms with van der Waals surface area (Å²) >= 11 is 0. The van der Waals surface area contributed by atoms with Gasteiger partial charge in [0.15, 0.2) is 0 Å². The molecule has 0 aliphatic carbocycles. The second kappa shape index (κ2) is 12.3. The summed E-state index contributed by atoms with van der Waals surface area (Å²) in [5, 5.41) is 0. The van der Waals surface area contributed by atoms with E-state index in [4.69, 9.17) is 4.74 Å². The van der Waals surface area contributed by atoms with Gasteiger partial charge in [-0.25, -0.2) is 4.79 Å². The molecule has 1 unspecified atom stereocenters. The molecular weight excluding hydrogens is 236 g/mol. The Hall–Kier alpha value is -0.790. The van der Waals surface area contributed by atoms with Gasteiger partial charge in [0.2, 0.25) is 0 Å². The minimum Gasteiger partial charge on any atom is -0.459 e. The minimum atomic E-state index is -0.230. The third-order valence-electron chi connectivity index (χ3n) is 3.38. The van der Waals surface area contributed by atoms with Crippen molar-refractivity contribution in [3.8, 4) is 0 Å². The van der Waals surface area contributed by atoms with Crippen LogP contribution in [0, 0.1) is 0 Å². The predicted octanol–water partition coefficient (Wildman–Crippen LogP) is 5.42. The fourth-order valence-corrected chi connectivity index (χ4v) is 2.10. The Bertz CT molecular complexity index is 246. The van der Waals surface area contributed by atoms with Crippen LogP contribution in [0.2, 0.25) is 0 Å². The SMILES string of the molecule is C=C(C)C(=O)OC(CCCC)CCCCCCCC. The molecule has 0 aromatic rings. The molecule has 0 saturated heterocycles. The van der Waals surface area contributed by atoms with Gasteiger partial charge in [0, 0.05) is 5.57 Å². The summed E-state index contributed by atoms with van der Waals surface area (Å²) in [6, 6.07) is 0. The highest BCUT2D eigenvalue weighted by molar-refractivity contribution is 5.87. The number of hydrogen-bond donors (Lipinski definition) is 0. The van der Waals surface area contributed by atoms with Crippen molar-refractivity contribution in [1.82, 2.24) is 0 Å². The second-order valence-corrected chi connectivity index (χ2v) is 5.51. The van der Waals surface area contributed by atoms with E-state index < -0.39 is 0 Å². The van der Waals surface area contributed by atoms with Crippen molar-refractivity contribution in [3.63, 3.8) is 0 Å². The van der Waals surface area contributed by atoms with Crippen LogP contribution < -0.4 is 0 Å². The van der Waals surface area contributed by atoms with E-state index in [0.29, 0.717) is 5.57 Å². The van der Waals surface area contributed by atoms with Crippen LogP contribution in [-0.2, 0) is 9.53 Å². The quantitative estimate of drug-likeness (QED) is 0.268. The third-order valence-corrected chi connectivity index (χ3v) is 3.38. The van der Waals surface area contributed by atoms with Crippen molar-refractivity contribution in [3.05, 3.63) is 12.2 Å². The van der Waals surface area contributed by atoms with E-state index >= 15 is 0 Å². The average molecular weight is 268 g/mol. The van der Waals surface area contributed by atoms with Crippen molar-refractivity contribution >= 4 is 5.97 Å². The molecule has 0 rings (SSSR count). The lowest BCUT2D eigenvalue weighted by Crippen LogP contribution is -2.18. The molecule has 0 aliphatic rings. The average Bonchev–Trinajstić information content (AvgIpc) is 2.39. The van der Waals surface area contributed by atoms with Crippen molar-refractivity contribution in [2.24, 2.45) is 0 Å². The molecule has 2 nitrogen and oxygen atoms in total. The van der Waals surface area contributed by atoms with E-state index in [1.807, 2.05) is 0 Å². The first-order valence-electron chi connectivity index (χ1n) is 7.98. The summed E-state index contributed by atoms with van der Waals surface area (Å²) in [5.41, 5.74) is 0.504. The van der Waals surface area contributed by atoms with Crippen LogP contribution in [0.1, 0.15) is 85.0 Å². The summed E-state index contributed by atoms with van der Waals surface area (Å²) in [7, 11) is 0. The molecule has 0 aromatic carbocycles. The molecule has 0 radical (unpaired) electrons. The number of esters is 1. The summed E-state index contributed by atoms with van der Waals surface area (Å²) in [4.78, 5) is 11.6. The van der Waals surface area contributed by atoms with Crippen molar-refractivity contribution < 1.29 is 9.53 Å². The molecule has 112 valence electrons. The van der Waals surface area contributed by atoms with Gasteiger partial charge in [-0.3, -0.25) is 0 Å². The molecule has 0 spiro atoms. The molecule has 0 aromatic heterocycles. The van der Waals surface area contributed by atoms with E-state index in [9.17, 15) is 4.79 Å². The summed E-state index contributed by atoms with van der Waals surface area (Å²) in [5.74, 6) is -0.230.